The van der Waals surface area contributed by atoms with Crippen molar-refractivity contribution in [3.63, 3.8) is 0 Å². The van der Waals surface area contributed by atoms with E-state index < -0.39 is 0 Å². The summed E-state index contributed by atoms with van der Waals surface area (Å²) in [5.41, 5.74) is 12.3. The zero-order chi connectivity index (χ0) is 18.1. The SMILES string of the molecule is Cc1nn2c(-c3cccc(NC(N)=S)c3)ccnc2c1-c1ccccc1. The topological polar surface area (TPSA) is 68.2 Å². The second kappa shape index (κ2) is 6.57. The van der Waals surface area contributed by atoms with Gasteiger partial charge in [-0.2, -0.15) is 5.10 Å². The Morgan fingerprint density at radius 1 is 1.04 bits per heavy atom. The molecule has 2 aromatic carbocycles. The molecule has 0 aliphatic carbocycles. The van der Waals surface area contributed by atoms with Crippen LogP contribution in [0.15, 0.2) is 66.9 Å². The maximum absolute atomic E-state index is 5.58. The molecule has 0 atom stereocenters. The number of hydrogen-bond donors (Lipinski definition) is 2. The summed E-state index contributed by atoms with van der Waals surface area (Å²) in [6.45, 7) is 2.01. The fourth-order valence-electron chi connectivity index (χ4n) is 3.11. The van der Waals surface area contributed by atoms with E-state index in [0.717, 1.165) is 39.4 Å². The normalized spacial score (nSPS) is 10.8. The first kappa shape index (κ1) is 16.2. The van der Waals surface area contributed by atoms with Crippen LogP contribution >= 0.6 is 12.2 Å². The van der Waals surface area contributed by atoms with Crippen molar-refractivity contribution < 1.29 is 0 Å². The molecule has 0 radical (unpaired) electrons. The summed E-state index contributed by atoms with van der Waals surface area (Å²) < 4.78 is 1.89. The number of nitrogens with one attached hydrogen (secondary N) is 1. The summed E-state index contributed by atoms with van der Waals surface area (Å²) in [5.74, 6) is 0. The Morgan fingerprint density at radius 2 is 1.81 bits per heavy atom. The predicted octanol–water partition coefficient (Wildman–Crippen LogP) is 4.03. The van der Waals surface area contributed by atoms with Gasteiger partial charge in [0, 0.05) is 23.0 Å². The van der Waals surface area contributed by atoms with E-state index in [2.05, 4.69) is 22.4 Å². The van der Waals surface area contributed by atoms with E-state index in [-0.39, 0.29) is 5.11 Å². The minimum Gasteiger partial charge on any atom is -0.376 e. The van der Waals surface area contributed by atoms with Crippen molar-refractivity contribution in [1.82, 2.24) is 14.6 Å². The highest BCUT2D eigenvalue weighted by molar-refractivity contribution is 7.80. The van der Waals surface area contributed by atoms with Crippen LogP contribution in [0.4, 0.5) is 5.69 Å². The Morgan fingerprint density at radius 3 is 2.58 bits per heavy atom. The number of anilines is 1. The first-order valence-corrected chi connectivity index (χ1v) is 8.61. The zero-order valence-corrected chi connectivity index (χ0v) is 15.0. The molecular weight excluding hydrogens is 342 g/mol. The highest BCUT2D eigenvalue weighted by atomic mass is 32.1. The second-order valence-electron chi connectivity index (χ2n) is 5.96. The van der Waals surface area contributed by atoms with Crippen LogP contribution < -0.4 is 11.1 Å². The van der Waals surface area contributed by atoms with Crippen LogP contribution in [0.3, 0.4) is 0 Å². The van der Waals surface area contributed by atoms with E-state index >= 15 is 0 Å². The molecule has 2 heterocycles. The Kier molecular flexibility index (Phi) is 4.10. The fourth-order valence-corrected chi connectivity index (χ4v) is 3.23. The monoisotopic (exact) mass is 359 g/mol. The van der Waals surface area contributed by atoms with E-state index in [4.69, 9.17) is 23.1 Å². The third-order valence-electron chi connectivity index (χ3n) is 4.18. The Labute approximate surface area is 156 Å². The number of nitrogens with two attached hydrogens (primary N) is 1. The Hall–Kier alpha value is -3.25. The lowest BCUT2D eigenvalue weighted by molar-refractivity contribution is 0.925. The Bertz CT molecular complexity index is 1100. The number of fused-ring (bicyclic) bond motifs is 1. The van der Waals surface area contributed by atoms with E-state index in [0.29, 0.717) is 0 Å². The second-order valence-corrected chi connectivity index (χ2v) is 6.40. The van der Waals surface area contributed by atoms with Gasteiger partial charge in [0.25, 0.3) is 0 Å². The molecule has 128 valence electrons. The molecule has 2 aromatic heterocycles. The van der Waals surface area contributed by atoms with Crippen molar-refractivity contribution in [2.75, 3.05) is 5.32 Å². The molecule has 5 nitrogen and oxygen atoms in total. The van der Waals surface area contributed by atoms with Gasteiger partial charge in [-0.25, -0.2) is 9.50 Å². The lowest BCUT2D eigenvalue weighted by Gasteiger charge is -2.08. The number of rotatable bonds is 3. The van der Waals surface area contributed by atoms with Crippen LogP contribution in [0.25, 0.3) is 28.0 Å². The molecule has 0 saturated heterocycles. The largest absolute Gasteiger partial charge is 0.376 e. The fraction of sp³-hybridized carbons (Fsp3) is 0.0500. The molecule has 6 heteroatoms. The molecule has 3 N–H and O–H groups in total. The molecule has 0 spiro atoms. The summed E-state index contributed by atoms with van der Waals surface area (Å²) in [7, 11) is 0. The van der Waals surface area contributed by atoms with Crippen LogP contribution in [-0.4, -0.2) is 19.7 Å². The minimum absolute atomic E-state index is 0.239. The zero-order valence-electron chi connectivity index (χ0n) is 14.2. The summed E-state index contributed by atoms with van der Waals surface area (Å²) in [6, 6.07) is 20.0. The third kappa shape index (κ3) is 2.91. The number of thiocarbonyl (C=S) groups is 1. The summed E-state index contributed by atoms with van der Waals surface area (Å²) in [4.78, 5) is 4.58. The number of nitrogens with zero attached hydrogens (tertiary/aromatic N) is 3. The Balaban J connectivity index is 1.89. The molecule has 0 aliphatic heterocycles. The molecule has 4 aromatic rings. The molecule has 0 bridgehead atoms. The third-order valence-corrected chi connectivity index (χ3v) is 4.28. The lowest BCUT2D eigenvalue weighted by Crippen LogP contribution is -2.18. The average molecular weight is 359 g/mol. The molecule has 0 aliphatic rings. The van der Waals surface area contributed by atoms with Crippen molar-refractivity contribution in [3.8, 4) is 22.4 Å². The van der Waals surface area contributed by atoms with Crippen molar-refractivity contribution in [3.05, 3.63) is 72.6 Å². The summed E-state index contributed by atoms with van der Waals surface area (Å²) >= 11 is 4.93. The molecular formula is C20H17N5S. The lowest BCUT2D eigenvalue weighted by atomic mass is 10.1. The van der Waals surface area contributed by atoms with Gasteiger partial charge in [-0.1, -0.05) is 42.5 Å². The summed E-state index contributed by atoms with van der Waals surface area (Å²) in [6.07, 6.45) is 1.81. The number of benzene rings is 2. The smallest absolute Gasteiger partial charge is 0.168 e. The van der Waals surface area contributed by atoms with Crippen molar-refractivity contribution in [1.29, 1.82) is 0 Å². The molecule has 0 saturated carbocycles. The van der Waals surface area contributed by atoms with E-state index in [9.17, 15) is 0 Å². The van der Waals surface area contributed by atoms with Crippen LogP contribution in [0.5, 0.6) is 0 Å². The van der Waals surface area contributed by atoms with Gasteiger partial charge in [0.05, 0.1) is 11.4 Å². The van der Waals surface area contributed by atoms with Crippen LogP contribution in [0.1, 0.15) is 5.69 Å². The average Bonchev–Trinajstić information content (AvgIpc) is 2.98. The molecule has 4 rings (SSSR count). The number of aryl methyl sites for hydroxylation is 1. The van der Waals surface area contributed by atoms with Gasteiger partial charge in [0.2, 0.25) is 0 Å². The van der Waals surface area contributed by atoms with Crippen molar-refractivity contribution in [2.45, 2.75) is 6.92 Å². The number of hydrogen-bond acceptors (Lipinski definition) is 3. The van der Waals surface area contributed by atoms with Crippen LogP contribution in [0.2, 0.25) is 0 Å². The van der Waals surface area contributed by atoms with Gasteiger partial charge in [0.15, 0.2) is 10.8 Å². The van der Waals surface area contributed by atoms with Gasteiger partial charge in [-0.15, -0.1) is 0 Å². The molecule has 0 unspecified atom stereocenters. The maximum atomic E-state index is 5.58. The molecule has 26 heavy (non-hydrogen) atoms. The first-order valence-electron chi connectivity index (χ1n) is 8.20. The van der Waals surface area contributed by atoms with Gasteiger partial charge in [0.1, 0.15) is 0 Å². The highest BCUT2D eigenvalue weighted by Gasteiger charge is 2.15. The molecule has 0 fully saturated rings. The quantitative estimate of drug-likeness (QED) is 0.541. The first-order chi connectivity index (χ1) is 12.6. The van der Waals surface area contributed by atoms with Gasteiger partial charge in [-0.05, 0) is 42.9 Å². The molecule has 0 amide bonds. The standard InChI is InChI=1S/C20H17N5S/c1-13-18(14-6-3-2-4-7-14)19-22-11-10-17(25(19)24-13)15-8-5-9-16(12-15)23-20(21)26/h2-12H,1H3,(H3,21,23,26). The van der Waals surface area contributed by atoms with Crippen LogP contribution in [-0.2, 0) is 0 Å². The van der Waals surface area contributed by atoms with Crippen LogP contribution in [0, 0.1) is 6.92 Å². The minimum atomic E-state index is 0.239. The summed E-state index contributed by atoms with van der Waals surface area (Å²) in [5, 5.41) is 7.95. The van der Waals surface area contributed by atoms with Gasteiger partial charge in [-0.3, -0.25) is 0 Å². The highest BCUT2D eigenvalue weighted by Crippen LogP contribution is 2.30. The number of aromatic nitrogens is 3. The van der Waals surface area contributed by atoms with E-state index in [1.54, 1.807) is 0 Å². The van der Waals surface area contributed by atoms with E-state index in [1.807, 2.05) is 66.2 Å². The predicted molar refractivity (Wildman–Crippen MR) is 109 cm³/mol. The van der Waals surface area contributed by atoms with Gasteiger partial charge < -0.3 is 11.1 Å². The maximum Gasteiger partial charge on any atom is 0.168 e. The van der Waals surface area contributed by atoms with Crippen molar-refractivity contribution in [2.24, 2.45) is 5.73 Å². The van der Waals surface area contributed by atoms with Crippen molar-refractivity contribution >= 4 is 28.7 Å². The van der Waals surface area contributed by atoms with Gasteiger partial charge >= 0.3 is 0 Å². The van der Waals surface area contributed by atoms with E-state index in [1.165, 1.54) is 0 Å².